The lowest BCUT2D eigenvalue weighted by molar-refractivity contribution is -0.120. The van der Waals surface area contributed by atoms with E-state index in [0.717, 1.165) is 19.6 Å². The third-order valence-corrected chi connectivity index (χ3v) is 2.24. The molecule has 0 aliphatic heterocycles. The molecule has 1 N–H and O–H groups in total. The van der Waals surface area contributed by atoms with Crippen LogP contribution in [0.5, 0.6) is 0 Å². The molecule has 0 spiro atoms. The zero-order valence-electron chi connectivity index (χ0n) is 8.71. The maximum absolute atomic E-state index is 11.1. The van der Waals surface area contributed by atoms with Crippen LogP contribution in [0.25, 0.3) is 0 Å². The molecule has 1 atom stereocenters. The second-order valence-corrected chi connectivity index (χ2v) is 3.77. The lowest BCUT2D eigenvalue weighted by atomic mass is 10.4. The van der Waals surface area contributed by atoms with Gasteiger partial charge in [-0.25, -0.2) is 0 Å². The molecule has 0 aliphatic rings. The Hall–Kier alpha value is -0.220. The van der Waals surface area contributed by atoms with Crippen molar-refractivity contribution in [1.29, 1.82) is 0 Å². The van der Waals surface area contributed by atoms with Crippen molar-refractivity contribution >= 4 is 18.5 Å². The number of hydrogen-bond acceptors (Lipinski definition) is 3. The fourth-order valence-electron chi connectivity index (χ4n) is 1.02. The van der Waals surface area contributed by atoms with E-state index in [4.69, 9.17) is 0 Å². The van der Waals surface area contributed by atoms with Crippen LogP contribution in [0.1, 0.15) is 20.8 Å². The Kier molecular flexibility index (Phi) is 7.09. The Bertz CT molecular complexity index is 147. The summed E-state index contributed by atoms with van der Waals surface area (Å²) in [6.07, 6.45) is 0. The van der Waals surface area contributed by atoms with Crippen molar-refractivity contribution in [3.63, 3.8) is 0 Å². The number of likely N-dealkylation sites (N-methyl/N-ethyl adjacent to an activating group) is 1. The third-order valence-electron chi connectivity index (χ3n) is 2.00. The van der Waals surface area contributed by atoms with E-state index < -0.39 is 0 Å². The number of thiol groups is 1. The van der Waals surface area contributed by atoms with E-state index in [9.17, 15) is 4.79 Å². The van der Waals surface area contributed by atoms with Crippen molar-refractivity contribution in [2.24, 2.45) is 0 Å². The molecule has 1 unspecified atom stereocenters. The molecule has 0 aromatic heterocycles. The molecule has 0 saturated carbocycles. The van der Waals surface area contributed by atoms with Crippen molar-refractivity contribution in [2.75, 3.05) is 26.2 Å². The van der Waals surface area contributed by atoms with Gasteiger partial charge in [0, 0.05) is 13.1 Å². The smallest absolute Gasteiger partial charge is 0.232 e. The summed E-state index contributed by atoms with van der Waals surface area (Å²) in [7, 11) is 0. The van der Waals surface area contributed by atoms with Gasteiger partial charge in [-0.15, -0.1) is 0 Å². The second kappa shape index (κ2) is 7.21. The SMILES string of the molecule is CCN(CC)CCNC(=O)C(C)S. The quantitative estimate of drug-likeness (QED) is 0.626. The number of hydrogen-bond donors (Lipinski definition) is 2. The summed E-state index contributed by atoms with van der Waals surface area (Å²) >= 11 is 4.04. The van der Waals surface area contributed by atoms with E-state index in [0.29, 0.717) is 6.54 Å². The van der Waals surface area contributed by atoms with Gasteiger partial charge in [-0.05, 0) is 20.0 Å². The van der Waals surface area contributed by atoms with Gasteiger partial charge in [0.15, 0.2) is 0 Å². The van der Waals surface area contributed by atoms with E-state index >= 15 is 0 Å². The molecule has 0 fully saturated rings. The van der Waals surface area contributed by atoms with Gasteiger partial charge in [0.05, 0.1) is 5.25 Å². The van der Waals surface area contributed by atoms with Crippen LogP contribution in [0.3, 0.4) is 0 Å². The van der Waals surface area contributed by atoms with Crippen molar-refractivity contribution in [3.05, 3.63) is 0 Å². The van der Waals surface area contributed by atoms with E-state index in [-0.39, 0.29) is 11.2 Å². The van der Waals surface area contributed by atoms with Crippen LogP contribution in [0.2, 0.25) is 0 Å². The fourth-order valence-corrected chi connectivity index (χ4v) is 1.12. The van der Waals surface area contributed by atoms with Gasteiger partial charge >= 0.3 is 0 Å². The van der Waals surface area contributed by atoms with E-state index in [1.807, 2.05) is 0 Å². The standard InChI is InChI=1S/C9H20N2OS/c1-4-11(5-2)7-6-10-9(12)8(3)13/h8,13H,4-7H2,1-3H3,(H,10,12). The minimum absolute atomic E-state index is 0.00971. The predicted molar refractivity (Wildman–Crippen MR) is 59.2 cm³/mol. The third kappa shape index (κ3) is 5.93. The highest BCUT2D eigenvalue weighted by molar-refractivity contribution is 7.81. The number of carbonyl (C=O) groups excluding carboxylic acids is 1. The van der Waals surface area contributed by atoms with Gasteiger partial charge in [-0.1, -0.05) is 13.8 Å². The van der Waals surface area contributed by atoms with Gasteiger partial charge in [-0.2, -0.15) is 12.6 Å². The van der Waals surface area contributed by atoms with E-state index in [1.165, 1.54) is 0 Å². The summed E-state index contributed by atoms with van der Waals surface area (Å²) in [5, 5.41) is 2.61. The van der Waals surface area contributed by atoms with Crippen molar-refractivity contribution < 1.29 is 4.79 Å². The van der Waals surface area contributed by atoms with Crippen LogP contribution in [0, 0.1) is 0 Å². The minimum Gasteiger partial charge on any atom is -0.354 e. The Morgan fingerprint density at radius 1 is 1.46 bits per heavy atom. The Balaban J connectivity index is 3.49. The van der Waals surface area contributed by atoms with Gasteiger partial charge < -0.3 is 10.2 Å². The molecule has 78 valence electrons. The molecule has 0 radical (unpaired) electrons. The first-order valence-corrected chi connectivity index (χ1v) is 5.31. The predicted octanol–water partition coefficient (Wildman–Crippen LogP) is 0.763. The highest BCUT2D eigenvalue weighted by Crippen LogP contribution is 1.91. The van der Waals surface area contributed by atoms with Crippen molar-refractivity contribution in [2.45, 2.75) is 26.0 Å². The summed E-state index contributed by atoms with van der Waals surface area (Å²) in [5.41, 5.74) is 0. The monoisotopic (exact) mass is 204 g/mol. The largest absolute Gasteiger partial charge is 0.354 e. The molecular weight excluding hydrogens is 184 g/mol. The highest BCUT2D eigenvalue weighted by atomic mass is 32.1. The van der Waals surface area contributed by atoms with Gasteiger partial charge in [-0.3, -0.25) is 4.79 Å². The van der Waals surface area contributed by atoms with E-state index in [1.54, 1.807) is 6.92 Å². The van der Waals surface area contributed by atoms with Crippen LogP contribution in [0.15, 0.2) is 0 Å². The molecule has 0 heterocycles. The average Bonchev–Trinajstić information content (AvgIpc) is 2.12. The number of nitrogens with one attached hydrogen (secondary N) is 1. The molecule has 3 nitrogen and oxygen atoms in total. The summed E-state index contributed by atoms with van der Waals surface area (Å²) < 4.78 is 0. The van der Waals surface area contributed by atoms with Crippen molar-refractivity contribution in [1.82, 2.24) is 10.2 Å². The topological polar surface area (TPSA) is 32.3 Å². The Morgan fingerprint density at radius 3 is 2.38 bits per heavy atom. The molecule has 0 aliphatic carbocycles. The van der Waals surface area contributed by atoms with Crippen LogP contribution < -0.4 is 5.32 Å². The fraction of sp³-hybridized carbons (Fsp3) is 0.889. The Labute approximate surface area is 86.3 Å². The first kappa shape index (κ1) is 12.8. The van der Waals surface area contributed by atoms with Crippen LogP contribution in [-0.2, 0) is 4.79 Å². The number of rotatable bonds is 6. The molecule has 1 amide bonds. The highest BCUT2D eigenvalue weighted by Gasteiger charge is 2.06. The zero-order valence-corrected chi connectivity index (χ0v) is 9.60. The number of nitrogens with zero attached hydrogens (tertiary/aromatic N) is 1. The molecule has 0 bridgehead atoms. The zero-order chi connectivity index (χ0) is 10.3. The first-order chi connectivity index (χ1) is 6.11. The number of carbonyl (C=O) groups is 1. The summed E-state index contributed by atoms with van der Waals surface area (Å²) in [5.74, 6) is 0.00971. The summed E-state index contributed by atoms with van der Waals surface area (Å²) in [4.78, 5) is 13.4. The Morgan fingerprint density at radius 2 is 2.00 bits per heavy atom. The normalized spacial score (nSPS) is 13.0. The van der Waals surface area contributed by atoms with Gasteiger partial charge in [0.25, 0.3) is 0 Å². The number of amides is 1. The van der Waals surface area contributed by atoms with Gasteiger partial charge in [0.1, 0.15) is 0 Å². The van der Waals surface area contributed by atoms with Crippen LogP contribution >= 0.6 is 12.6 Å². The summed E-state index contributed by atoms with van der Waals surface area (Å²) in [6, 6.07) is 0. The summed E-state index contributed by atoms with van der Waals surface area (Å²) in [6.45, 7) is 9.70. The first-order valence-electron chi connectivity index (χ1n) is 4.79. The maximum Gasteiger partial charge on any atom is 0.232 e. The minimum atomic E-state index is -0.211. The lowest BCUT2D eigenvalue weighted by Crippen LogP contribution is -2.37. The molecule has 13 heavy (non-hydrogen) atoms. The van der Waals surface area contributed by atoms with E-state index in [2.05, 4.69) is 36.7 Å². The molecule has 4 heteroatoms. The van der Waals surface area contributed by atoms with Crippen LogP contribution in [-0.4, -0.2) is 42.2 Å². The molecule has 0 aromatic carbocycles. The molecular formula is C9H20N2OS. The molecule has 0 aromatic rings. The van der Waals surface area contributed by atoms with Gasteiger partial charge in [0.2, 0.25) is 5.91 Å². The van der Waals surface area contributed by atoms with Crippen molar-refractivity contribution in [3.8, 4) is 0 Å². The molecule has 0 saturated heterocycles. The lowest BCUT2D eigenvalue weighted by Gasteiger charge is -2.18. The molecule has 0 rings (SSSR count). The average molecular weight is 204 g/mol. The second-order valence-electron chi connectivity index (χ2n) is 2.99. The van der Waals surface area contributed by atoms with Crippen LogP contribution in [0.4, 0.5) is 0 Å². The maximum atomic E-state index is 11.1.